The van der Waals surface area contributed by atoms with E-state index in [4.69, 9.17) is 4.74 Å². The molecule has 3 heterocycles. The number of pyridine rings is 1. The van der Waals surface area contributed by atoms with Crippen molar-refractivity contribution in [2.45, 2.75) is 45.3 Å². The fraction of sp³-hybridized carbons (Fsp3) is 0.550. The molecule has 1 aliphatic carbocycles. The zero-order valence-electron chi connectivity index (χ0n) is 14.5. The van der Waals surface area contributed by atoms with Gasteiger partial charge in [0.1, 0.15) is 0 Å². The summed E-state index contributed by atoms with van der Waals surface area (Å²) < 4.78 is 8.32. The highest BCUT2D eigenvalue weighted by molar-refractivity contribution is 5.13. The van der Waals surface area contributed by atoms with Crippen LogP contribution in [-0.2, 0) is 17.8 Å². The van der Waals surface area contributed by atoms with Crippen molar-refractivity contribution in [3.8, 4) is 0 Å². The molecule has 0 spiro atoms. The average Bonchev–Trinajstić information content (AvgIpc) is 3.27. The molecule has 0 aromatic carbocycles. The van der Waals surface area contributed by atoms with Gasteiger partial charge in [-0.2, -0.15) is 0 Å². The molecule has 0 radical (unpaired) electrons. The van der Waals surface area contributed by atoms with Crippen molar-refractivity contribution < 1.29 is 4.74 Å². The summed E-state index contributed by atoms with van der Waals surface area (Å²) in [5.41, 5.74) is 3.66. The summed E-state index contributed by atoms with van der Waals surface area (Å²) >= 11 is 0. The molecule has 128 valence electrons. The van der Waals surface area contributed by atoms with Crippen LogP contribution in [0.15, 0.2) is 36.5 Å². The molecule has 2 aliphatic rings. The second kappa shape index (κ2) is 7.08. The van der Waals surface area contributed by atoms with E-state index >= 15 is 0 Å². The summed E-state index contributed by atoms with van der Waals surface area (Å²) in [5, 5.41) is 0. The Balaban J connectivity index is 1.38. The van der Waals surface area contributed by atoms with Crippen molar-refractivity contribution in [3.63, 3.8) is 0 Å². The maximum absolute atomic E-state index is 5.88. The number of hydrogen-bond acceptors (Lipinski definition) is 3. The van der Waals surface area contributed by atoms with Gasteiger partial charge in [-0.1, -0.05) is 6.07 Å². The van der Waals surface area contributed by atoms with Crippen LogP contribution >= 0.6 is 0 Å². The lowest BCUT2D eigenvalue weighted by Crippen LogP contribution is -2.37. The van der Waals surface area contributed by atoms with Crippen LogP contribution in [0.25, 0.3) is 0 Å². The molecule has 2 aromatic rings. The zero-order chi connectivity index (χ0) is 16.4. The van der Waals surface area contributed by atoms with E-state index < -0.39 is 0 Å². The molecule has 24 heavy (non-hydrogen) atoms. The molecule has 1 atom stereocenters. The number of ether oxygens (including phenoxy) is 1. The van der Waals surface area contributed by atoms with Gasteiger partial charge < -0.3 is 9.30 Å². The molecule has 0 amide bonds. The van der Waals surface area contributed by atoms with Crippen LogP contribution in [0.5, 0.6) is 0 Å². The second-order valence-corrected chi connectivity index (χ2v) is 7.31. The predicted molar refractivity (Wildman–Crippen MR) is 94.7 cm³/mol. The lowest BCUT2D eigenvalue weighted by atomic mass is 10.1. The minimum absolute atomic E-state index is 0.507. The van der Waals surface area contributed by atoms with Crippen LogP contribution in [-0.4, -0.2) is 34.2 Å². The molecule has 0 saturated heterocycles. The first-order valence-corrected chi connectivity index (χ1v) is 9.16. The smallest absolute Gasteiger partial charge is 0.0547 e. The summed E-state index contributed by atoms with van der Waals surface area (Å²) in [6.45, 7) is 6.89. The SMILES string of the molecule is Cc1cccc(CN2Cc3cccn3[C@H](CCOCC3CC3)C2)n1. The highest BCUT2D eigenvalue weighted by atomic mass is 16.5. The molecule has 4 rings (SSSR count). The van der Waals surface area contributed by atoms with Gasteiger partial charge >= 0.3 is 0 Å². The molecule has 1 aliphatic heterocycles. The van der Waals surface area contributed by atoms with Crippen molar-refractivity contribution in [1.82, 2.24) is 14.5 Å². The summed E-state index contributed by atoms with van der Waals surface area (Å²) in [5.74, 6) is 0.849. The Morgan fingerprint density at radius 3 is 2.96 bits per heavy atom. The molecule has 0 unspecified atom stereocenters. The maximum atomic E-state index is 5.88. The third-order valence-corrected chi connectivity index (χ3v) is 5.09. The molecule has 4 nitrogen and oxygen atoms in total. The van der Waals surface area contributed by atoms with Crippen LogP contribution in [0.1, 0.15) is 42.4 Å². The van der Waals surface area contributed by atoms with Crippen LogP contribution in [0.4, 0.5) is 0 Å². The Morgan fingerprint density at radius 1 is 1.21 bits per heavy atom. The fourth-order valence-electron chi connectivity index (χ4n) is 3.62. The lowest BCUT2D eigenvalue weighted by Gasteiger charge is -2.35. The largest absolute Gasteiger partial charge is 0.381 e. The summed E-state index contributed by atoms with van der Waals surface area (Å²) in [4.78, 5) is 7.18. The van der Waals surface area contributed by atoms with Crippen LogP contribution in [0, 0.1) is 12.8 Å². The van der Waals surface area contributed by atoms with Gasteiger partial charge in [0.2, 0.25) is 0 Å². The molecule has 1 saturated carbocycles. The van der Waals surface area contributed by atoms with E-state index in [1.165, 1.54) is 24.2 Å². The highest BCUT2D eigenvalue weighted by Crippen LogP contribution is 2.29. The van der Waals surface area contributed by atoms with Crippen molar-refractivity contribution in [2.24, 2.45) is 5.92 Å². The quantitative estimate of drug-likeness (QED) is 0.729. The number of nitrogens with zero attached hydrogens (tertiary/aromatic N) is 3. The van der Waals surface area contributed by atoms with Crippen LogP contribution < -0.4 is 0 Å². The van der Waals surface area contributed by atoms with Gasteiger partial charge in [-0.05, 0) is 56.4 Å². The molecule has 2 aromatic heterocycles. The van der Waals surface area contributed by atoms with Gasteiger partial charge in [0, 0.05) is 56.5 Å². The van der Waals surface area contributed by atoms with E-state index in [1.807, 2.05) is 0 Å². The molecule has 1 fully saturated rings. The number of hydrogen-bond donors (Lipinski definition) is 0. The molecule has 4 heteroatoms. The number of rotatable bonds is 7. The predicted octanol–water partition coefficient (Wildman–Crippen LogP) is 3.57. The first-order valence-electron chi connectivity index (χ1n) is 9.16. The Morgan fingerprint density at radius 2 is 2.12 bits per heavy atom. The zero-order valence-corrected chi connectivity index (χ0v) is 14.5. The monoisotopic (exact) mass is 325 g/mol. The second-order valence-electron chi connectivity index (χ2n) is 7.31. The lowest BCUT2D eigenvalue weighted by molar-refractivity contribution is 0.0941. The first-order chi connectivity index (χ1) is 11.8. The van der Waals surface area contributed by atoms with Gasteiger partial charge in [-0.25, -0.2) is 0 Å². The van der Waals surface area contributed by atoms with E-state index in [0.717, 1.165) is 50.9 Å². The van der Waals surface area contributed by atoms with E-state index in [0.29, 0.717) is 6.04 Å². The molecule has 0 bridgehead atoms. The molecular weight excluding hydrogens is 298 g/mol. The Kier molecular flexibility index (Phi) is 4.67. The third-order valence-electron chi connectivity index (χ3n) is 5.09. The van der Waals surface area contributed by atoms with Crippen LogP contribution in [0.2, 0.25) is 0 Å². The van der Waals surface area contributed by atoms with E-state index in [2.05, 4.69) is 57.9 Å². The van der Waals surface area contributed by atoms with E-state index in [9.17, 15) is 0 Å². The van der Waals surface area contributed by atoms with Crippen molar-refractivity contribution >= 4 is 0 Å². The van der Waals surface area contributed by atoms with E-state index in [1.54, 1.807) is 0 Å². The van der Waals surface area contributed by atoms with E-state index in [-0.39, 0.29) is 0 Å². The van der Waals surface area contributed by atoms with Crippen molar-refractivity contribution in [2.75, 3.05) is 19.8 Å². The van der Waals surface area contributed by atoms with Crippen molar-refractivity contribution in [3.05, 3.63) is 53.6 Å². The summed E-state index contributed by atoms with van der Waals surface area (Å²) in [7, 11) is 0. The fourth-order valence-corrected chi connectivity index (χ4v) is 3.62. The minimum atomic E-state index is 0.507. The standard InChI is InChI=1S/C20H27N3O/c1-16-4-2-5-18(21-16)12-22-13-19-6-3-10-23(19)20(14-22)9-11-24-15-17-7-8-17/h2-6,10,17,20H,7-9,11-15H2,1H3/t20-/m1/s1. The molecule has 0 N–H and O–H groups in total. The van der Waals surface area contributed by atoms with Gasteiger partial charge in [0.05, 0.1) is 5.69 Å². The van der Waals surface area contributed by atoms with Crippen molar-refractivity contribution in [1.29, 1.82) is 0 Å². The maximum Gasteiger partial charge on any atom is 0.0547 e. The highest BCUT2D eigenvalue weighted by Gasteiger charge is 2.25. The van der Waals surface area contributed by atoms with Gasteiger partial charge in [0.25, 0.3) is 0 Å². The normalized spacial score (nSPS) is 21.0. The molecular formula is C20H27N3O. The Bertz CT molecular complexity index is 677. The van der Waals surface area contributed by atoms with Crippen LogP contribution in [0.3, 0.4) is 0 Å². The summed E-state index contributed by atoms with van der Waals surface area (Å²) in [6.07, 6.45) is 6.04. The Hall–Kier alpha value is -1.65. The average molecular weight is 325 g/mol. The topological polar surface area (TPSA) is 30.3 Å². The number of aryl methyl sites for hydroxylation is 1. The first kappa shape index (κ1) is 15.9. The van der Waals surface area contributed by atoms with Gasteiger partial charge in [0.15, 0.2) is 0 Å². The van der Waals surface area contributed by atoms with Gasteiger partial charge in [-0.15, -0.1) is 0 Å². The minimum Gasteiger partial charge on any atom is -0.381 e. The number of aromatic nitrogens is 2. The third kappa shape index (κ3) is 3.87. The summed E-state index contributed by atoms with van der Waals surface area (Å²) in [6, 6.07) is 11.2. The Labute approximate surface area is 144 Å². The van der Waals surface area contributed by atoms with Gasteiger partial charge in [-0.3, -0.25) is 9.88 Å². The number of fused-ring (bicyclic) bond motifs is 1.